The Labute approximate surface area is 112 Å². The first-order valence-electron chi connectivity index (χ1n) is 5.96. The fraction of sp³-hybridized carbons (Fsp3) is 0.200. The predicted octanol–water partition coefficient (Wildman–Crippen LogP) is 4.84. The smallest absolute Gasteiger partial charge is 0.0481 e. The molecular weight excluding hydrogens is 240 g/mol. The lowest BCUT2D eigenvalue weighted by atomic mass is 10.1. The van der Waals surface area contributed by atoms with Gasteiger partial charge in [0, 0.05) is 34.6 Å². The third-order valence-electron chi connectivity index (χ3n) is 2.87. The van der Waals surface area contributed by atoms with Crippen LogP contribution in [0.25, 0.3) is 16.5 Å². The molecule has 2 N–H and O–H groups in total. The van der Waals surface area contributed by atoms with Crippen LogP contribution in [0.15, 0.2) is 42.6 Å². The van der Waals surface area contributed by atoms with Crippen molar-refractivity contribution in [3.05, 3.63) is 48.2 Å². The number of aromatic amines is 1. The van der Waals surface area contributed by atoms with Crippen molar-refractivity contribution in [3.63, 3.8) is 0 Å². The minimum atomic E-state index is 1.12. The Hall–Kier alpha value is -1.61. The molecule has 0 radical (unpaired) electrons. The Morgan fingerprint density at radius 2 is 2.22 bits per heavy atom. The molecule has 2 nitrogen and oxygen atoms in total. The summed E-state index contributed by atoms with van der Waals surface area (Å²) in [4.78, 5) is 3.33. The van der Waals surface area contributed by atoms with E-state index >= 15 is 0 Å². The first-order valence-corrected chi connectivity index (χ1v) is 7.19. The highest BCUT2D eigenvalue weighted by Gasteiger charge is 2.05. The number of benzene rings is 1. The zero-order chi connectivity index (χ0) is 13.0. The van der Waals surface area contributed by atoms with E-state index in [-0.39, 0.29) is 0 Å². The summed E-state index contributed by atoms with van der Waals surface area (Å²) in [6.07, 6.45) is 10.3. The second-order valence-corrected chi connectivity index (χ2v) is 4.76. The third-order valence-corrected chi connectivity index (χ3v) is 3.31. The monoisotopic (exact) mass is 258 g/mol. The molecule has 2 rings (SSSR count). The van der Waals surface area contributed by atoms with Crippen molar-refractivity contribution in [1.29, 1.82) is 0 Å². The van der Waals surface area contributed by atoms with Crippen LogP contribution in [0.2, 0.25) is 0 Å². The summed E-state index contributed by atoms with van der Waals surface area (Å²) in [5.74, 6) is 0. The molecule has 0 aliphatic rings. The average molecular weight is 258 g/mol. The van der Waals surface area contributed by atoms with Crippen molar-refractivity contribution in [2.45, 2.75) is 13.8 Å². The van der Waals surface area contributed by atoms with Crippen molar-refractivity contribution >= 4 is 34.1 Å². The van der Waals surface area contributed by atoms with Crippen molar-refractivity contribution in [1.82, 2.24) is 4.98 Å². The zero-order valence-electron chi connectivity index (χ0n) is 10.9. The fourth-order valence-electron chi connectivity index (χ4n) is 1.96. The van der Waals surface area contributed by atoms with Crippen LogP contribution in [0.3, 0.4) is 0 Å². The standard InChI is InChI=1S/C15H18N2S/c1-4-5-6-11(2)14-10-16-15-9-12(17-18-3)7-8-13(14)15/h4-10,16-17H,1-3H3/b5-4-,11-6+. The van der Waals surface area contributed by atoms with E-state index in [1.165, 1.54) is 16.5 Å². The molecule has 0 fully saturated rings. The summed E-state index contributed by atoms with van der Waals surface area (Å²) in [5, 5.41) is 1.26. The zero-order valence-corrected chi connectivity index (χ0v) is 11.8. The lowest BCUT2D eigenvalue weighted by molar-refractivity contribution is 1.46. The van der Waals surface area contributed by atoms with E-state index in [2.05, 4.69) is 53.2 Å². The van der Waals surface area contributed by atoms with Gasteiger partial charge in [0.25, 0.3) is 0 Å². The van der Waals surface area contributed by atoms with Crippen molar-refractivity contribution in [2.75, 3.05) is 11.0 Å². The van der Waals surface area contributed by atoms with Crippen LogP contribution in [0.1, 0.15) is 19.4 Å². The molecule has 0 aliphatic carbocycles. The van der Waals surface area contributed by atoms with Gasteiger partial charge < -0.3 is 9.71 Å². The third kappa shape index (κ3) is 2.62. The molecule has 2 aromatic rings. The predicted molar refractivity (Wildman–Crippen MR) is 83.9 cm³/mol. The van der Waals surface area contributed by atoms with Gasteiger partial charge in [-0.25, -0.2) is 0 Å². The minimum Gasteiger partial charge on any atom is -0.360 e. The number of H-pyrrole nitrogens is 1. The summed E-state index contributed by atoms with van der Waals surface area (Å²) < 4.78 is 3.24. The molecule has 0 atom stereocenters. The molecule has 94 valence electrons. The maximum absolute atomic E-state index is 3.33. The molecule has 1 aromatic heterocycles. The molecule has 0 amide bonds. The van der Waals surface area contributed by atoms with Gasteiger partial charge in [-0.2, -0.15) is 0 Å². The van der Waals surface area contributed by atoms with Crippen LogP contribution < -0.4 is 4.72 Å². The summed E-state index contributed by atoms with van der Waals surface area (Å²) in [5.41, 5.74) is 4.82. The highest BCUT2D eigenvalue weighted by atomic mass is 32.2. The summed E-state index contributed by atoms with van der Waals surface area (Å²) in [6.45, 7) is 4.16. The normalized spacial score (nSPS) is 12.5. The Morgan fingerprint density at radius 3 is 2.94 bits per heavy atom. The molecule has 0 saturated heterocycles. The summed E-state index contributed by atoms with van der Waals surface area (Å²) >= 11 is 1.60. The number of rotatable bonds is 4. The number of aromatic nitrogens is 1. The van der Waals surface area contributed by atoms with Crippen LogP contribution in [0, 0.1) is 0 Å². The highest BCUT2D eigenvalue weighted by molar-refractivity contribution is 7.99. The summed E-state index contributed by atoms with van der Waals surface area (Å²) in [7, 11) is 0. The SMILES string of the molecule is C/C=C\C=C(/C)c1c[nH]c2cc(NSC)ccc12. The van der Waals surface area contributed by atoms with E-state index in [1.807, 2.05) is 19.3 Å². The van der Waals surface area contributed by atoms with Crippen LogP contribution >= 0.6 is 11.9 Å². The maximum atomic E-state index is 3.33. The van der Waals surface area contributed by atoms with Crippen molar-refractivity contribution in [2.24, 2.45) is 0 Å². The van der Waals surface area contributed by atoms with Gasteiger partial charge in [-0.05, 0) is 31.6 Å². The first-order chi connectivity index (χ1) is 8.76. The molecule has 1 heterocycles. The Balaban J connectivity index is 2.42. The molecule has 0 saturated carbocycles. The van der Waals surface area contributed by atoms with Gasteiger partial charge in [-0.15, -0.1) is 0 Å². The minimum absolute atomic E-state index is 1.12. The first kappa shape index (κ1) is 12.8. The summed E-state index contributed by atoms with van der Waals surface area (Å²) in [6, 6.07) is 6.41. The van der Waals surface area contributed by atoms with Crippen LogP contribution in [0.5, 0.6) is 0 Å². The Bertz CT molecular complexity index is 594. The number of fused-ring (bicyclic) bond motifs is 1. The van der Waals surface area contributed by atoms with Crippen molar-refractivity contribution < 1.29 is 0 Å². The van der Waals surface area contributed by atoms with E-state index < -0.39 is 0 Å². The lowest BCUT2D eigenvalue weighted by Crippen LogP contribution is -1.84. The van der Waals surface area contributed by atoms with Gasteiger partial charge in [0.2, 0.25) is 0 Å². The van der Waals surface area contributed by atoms with Crippen LogP contribution in [0.4, 0.5) is 5.69 Å². The largest absolute Gasteiger partial charge is 0.360 e. The quantitative estimate of drug-likeness (QED) is 0.607. The molecule has 1 aromatic carbocycles. The van der Waals surface area contributed by atoms with E-state index in [0.29, 0.717) is 0 Å². The molecule has 0 bridgehead atoms. The van der Waals surface area contributed by atoms with Crippen molar-refractivity contribution in [3.8, 4) is 0 Å². The van der Waals surface area contributed by atoms with Gasteiger partial charge in [-0.1, -0.05) is 36.2 Å². The molecule has 0 aliphatic heterocycles. The highest BCUT2D eigenvalue weighted by Crippen LogP contribution is 2.27. The lowest BCUT2D eigenvalue weighted by Gasteiger charge is -2.03. The molecule has 0 spiro atoms. The second kappa shape index (κ2) is 5.83. The number of allylic oxidation sites excluding steroid dienone is 4. The molecule has 0 unspecified atom stereocenters. The van der Waals surface area contributed by atoms with E-state index in [1.54, 1.807) is 11.9 Å². The van der Waals surface area contributed by atoms with E-state index in [9.17, 15) is 0 Å². The van der Waals surface area contributed by atoms with Gasteiger partial charge in [0.05, 0.1) is 0 Å². The van der Waals surface area contributed by atoms with Gasteiger partial charge in [0.1, 0.15) is 0 Å². The number of anilines is 1. The van der Waals surface area contributed by atoms with Gasteiger partial charge in [-0.3, -0.25) is 0 Å². The second-order valence-electron chi connectivity index (χ2n) is 4.14. The van der Waals surface area contributed by atoms with Gasteiger partial charge >= 0.3 is 0 Å². The number of hydrogen-bond acceptors (Lipinski definition) is 2. The fourth-order valence-corrected chi connectivity index (χ4v) is 2.33. The average Bonchev–Trinajstić information content (AvgIpc) is 2.79. The Kier molecular flexibility index (Phi) is 4.15. The molecule has 3 heteroatoms. The number of hydrogen-bond donors (Lipinski definition) is 2. The number of nitrogens with one attached hydrogen (secondary N) is 2. The molecule has 18 heavy (non-hydrogen) atoms. The van der Waals surface area contributed by atoms with E-state index in [4.69, 9.17) is 0 Å². The van der Waals surface area contributed by atoms with Crippen LogP contribution in [-0.4, -0.2) is 11.2 Å². The maximum Gasteiger partial charge on any atom is 0.0481 e. The van der Waals surface area contributed by atoms with Gasteiger partial charge in [0.15, 0.2) is 0 Å². The molecular formula is C15H18N2S. The van der Waals surface area contributed by atoms with Crippen LogP contribution in [-0.2, 0) is 0 Å². The topological polar surface area (TPSA) is 27.8 Å². The van der Waals surface area contributed by atoms with E-state index in [0.717, 1.165) is 11.2 Å². The Morgan fingerprint density at radius 1 is 1.39 bits per heavy atom.